The largest absolute Gasteiger partial charge is 0.497 e. The Morgan fingerprint density at radius 1 is 1.14 bits per heavy atom. The Morgan fingerprint density at radius 2 is 1.86 bits per heavy atom. The monoisotopic (exact) mass is 420 g/mol. The van der Waals surface area contributed by atoms with Crippen molar-refractivity contribution in [3.8, 4) is 5.75 Å². The Hall–Kier alpha value is -1.73. The highest BCUT2D eigenvalue weighted by Gasteiger charge is 2.38. The number of hydrogen-bond acceptors (Lipinski definition) is 5. The molecule has 1 aliphatic heterocycles. The fourth-order valence-electron chi connectivity index (χ4n) is 3.20. The second kappa shape index (κ2) is 9.18. The zero-order chi connectivity index (χ0) is 20.3. The van der Waals surface area contributed by atoms with Gasteiger partial charge in [0.2, 0.25) is 0 Å². The number of nitrogens with zero attached hydrogens (tertiary/aromatic N) is 2. The van der Waals surface area contributed by atoms with E-state index >= 15 is 0 Å². The Bertz CT molecular complexity index is 829. The predicted molar refractivity (Wildman–Crippen MR) is 115 cm³/mol. The van der Waals surface area contributed by atoms with Crippen molar-refractivity contribution in [2.45, 2.75) is 16.2 Å². The van der Waals surface area contributed by atoms with Crippen LogP contribution in [0, 0.1) is 0 Å². The molecule has 7 heteroatoms. The maximum atomic E-state index is 13.5. The lowest BCUT2D eigenvalue weighted by atomic mass is 10.1. The van der Waals surface area contributed by atoms with Gasteiger partial charge in [-0.15, -0.1) is 11.8 Å². The number of methoxy groups -OCH3 is 2. The quantitative estimate of drug-likeness (QED) is 0.703. The molecule has 2 atom stereocenters. The molecule has 1 heterocycles. The average Bonchev–Trinajstić information content (AvgIpc) is 2.80. The highest BCUT2D eigenvalue weighted by Crippen LogP contribution is 2.47. The van der Waals surface area contributed by atoms with Gasteiger partial charge in [0.1, 0.15) is 5.75 Å². The molecule has 28 heavy (non-hydrogen) atoms. The van der Waals surface area contributed by atoms with Crippen molar-refractivity contribution < 1.29 is 14.3 Å². The highest BCUT2D eigenvalue weighted by atomic mass is 35.5. The van der Waals surface area contributed by atoms with Crippen molar-refractivity contribution in [1.29, 1.82) is 0 Å². The van der Waals surface area contributed by atoms with Crippen molar-refractivity contribution in [3.63, 3.8) is 0 Å². The van der Waals surface area contributed by atoms with Gasteiger partial charge >= 0.3 is 0 Å². The third kappa shape index (κ3) is 4.46. The third-order valence-corrected chi connectivity index (χ3v) is 6.31. The van der Waals surface area contributed by atoms with Gasteiger partial charge in [0.15, 0.2) is 6.10 Å². The molecule has 3 rings (SSSR count). The molecule has 2 aromatic rings. The summed E-state index contributed by atoms with van der Waals surface area (Å²) in [7, 11) is 7.21. The molecule has 0 saturated heterocycles. The van der Waals surface area contributed by atoms with Gasteiger partial charge in [-0.1, -0.05) is 23.7 Å². The van der Waals surface area contributed by atoms with Gasteiger partial charge in [-0.3, -0.25) is 4.79 Å². The lowest BCUT2D eigenvalue weighted by Crippen LogP contribution is -2.44. The van der Waals surface area contributed by atoms with Crippen LogP contribution in [-0.4, -0.2) is 58.3 Å². The summed E-state index contributed by atoms with van der Waals surface area (Å²) < 4.78 is 11.0. The van der Waals surface area contributed by atoms with Crippen molar-refractivity contribution in [1.82, 2.24) is 4.90 Å². The van der Waals surface area contributed by atoms with Crippen molar-refractivity contribution in [2.75, 3.05) is 46.3 Å². The van der Waals surface area contributed by atoms with Gasteiger partial charge < -0.3 is 19.3 Å². The summed E-state index contributed by atoms with van der Waals surface area (Å²) in [6, 6.07) is 13.4. The summed E-state index contributed by atoms with van der Waals surface area (Å²) >= 11 is 7.88. The summed E-state index contributed by atoms with van der Waals surface area (Å²) in [6.07, 6.45) is -0.605. The number of hydrogen-bond donors (Lipinski definition) is 0. The summed E-state index contributed by atoms with van der Waals surface area (Å²) in [5.41, 5.74) is 1.88. The number of anilines is 1. The van der Waals surface area contributed by atoms with Gasteiger partial charge in [-0.2, -0.15) is 0 Å². The molecule has 0 saturated carbocycles. The van der Waals surface area contributed by atoms with E-state index in [0.29, 0.717) is 11.6 Å². The average molecular weight is 421 g/mol. The van der Waals surface area contributed by atoms with E-state index in [4.69, 9.17) is 21.1 Å². The first kappa shape index (κ1) is 21.0. The molecule has 5 nitrogen and oxygen atoms in total. The van der Waals surface area contributed by atoms with Crippen LogP contribution in [-0.2, 0) is 9.53 Å². The lowest BCUT2D eigenvalue weighted by molar-refractivity contribution is -0.128. The molecule has 0 spiro atoms. The van der Waals surface area contributed by atoms with E-state index in [-0.39, 0.29) is 11.2 Å². The van der Waals surface area contributed by atoms with Gasteiger partial charge in [0.25, 0.3) is 5.91 Å². The minimum atomic E-state index is -0.605. The minimum Gasteiger partial charge on any atom is -0.497 e. The molecule has 0 aliphatic carbocycles. The fourth-order valence-corrected chi connectivity index (χ4v) is 4.85. The molecule has 0 radical (unpaired) electrons. The van der Waals surface area contributed by atoms with E-state index in [1.54, 1.807) is 26.0 Å². The number of carbonyl (C=O) groups excluding carboxylic acids is 1. The fraction of sp³-hybridized carbons (Fsp3) is 0.381. The Morgan fingerprint density at radius 3 is 2.46 bits per heavy atom. The molecular weight excluding hydrogens is 396 g/mol. The summed E-state index contributed by atoms with van der Waals surface area (Å²) in [5.74, 6) is 0.734. The Balaban J connectivity index is 2.04. The highest BCUT2D eigenvalue weighted by molar-refractivity contribution is 7.99. The van der Waals surface area contributed by atoms with Crippen molar-refractivity contribution >= 4 is 35.0 Å². The zero-order valence-electron chi connectivity index (χ0n) is 16.5. The molecule has 0 N–H and O–H groups in total. The van der Waals surface area contributed by atoms with Crippen LogP contribution >= 0.6 is 23.4 Å². The molecule has 0 unspecified atom stereocenters. The standard InChI is InChI=1S/C21H25ClN2O3S/c1-23(2)11-12-24-17-10-7-15(22)13-18(17)28-20(19(27-4)21(24)25)14-5-8-16(26-3)9-6-14/h5-10,13,19-20H,11-12H2,1-4H3/t19-,20+/m0/s1. The number of likely N-dealkylation sites (N-methyl/N-ethyl adjacent to an activating group) is 1. The number of rotatable bonds is 6. The van der Waals surface area contributed by atoms with E-state index < -0.39 is 6.10 Å². The summed E-state index contributed by atoms with van der Waals surface area (Å²) in [4.78, 5) is 18.3. The van der Waals surface area contributed by atoms with Crippen molar-refractivity contribution in [2.24, 2.45) is 0 Å². The first-order valence-electron chi connectivity index (χ1n) is 9.03. The van der Waals surface area contributed by atoms with E-state index in [9.17, 15) is 4.79 Å². The molecule has 1 amide bonds. The van der Waals surface area contributed by atoms with Gasteiger partial charge in [0.05, 0.1) is 18.0 Å². The van der Waals surface area contributed by atoms with Gasteiger partial charge in [-0.05, 0) is 50.0 Å². The number of fused-ring (bicyclic) bond motifs is 1. The molecule has 0 fully saturated rings. The minimum absolute atomic E-state index is 0.0428. The molecule has 150 valence electrons. The van der Waals surface area contributed by atoms with E-state index in [1.807, 2.05) is 61.5 Å². The maximum Gasteiger partial charge on any atom is 0.257 e. The Kier molecular flexibility index (Phi) is 6.88. The van der Waals surface area contributed by atoms with Crippen LogP contribution in [0.15, 0.2) is 47.4 Å². The maximum absolute atomic E-state index is 13.5. The second-order valence-electron chi connectivity index (χ2n) is 6.87. The lowest BCUT2D eigenvalue weighted by Gasteiger charge is -2.28. The van der Waals surface area contributed by atoms with Crippen LogP contribution in [0.2, 0.25) is 5.02 Å². The predicted octanol–water partition coefficient (Wildman–Crippen LogP) is 4.11. The van der Waals surface area contributed by atoms with Gasteiger partial charge in [-0.25, -0.2) is 0 Å². The third-order valence-electron chi connectivity index (χ3n) is 4.72. The van der Waals surface area contributed by atoms with E-state index in [1.165, 1.54) is 0 Å². The van der Waals surface area contributed by atoms with Crippen LogP contribution in [0.4, 0.5) is 5.69 Å². The SMILES string of the molecule is COc1ccc([C@H]2Sc3cc(Cl)ccc3N(CCN(C)C)C(=O)[C@H]2OC)cc1. The van der Waals surface area contributed by atoms with Crippen LogP contribution in [0.25, 0.3) is 0 Å². The number of halogens is 1. The first-order valence-corrected chi connectivity index (χ1v) is 10.3. The molecule has 0 aromatic heterocycles. The number of benzene rings is 2. The van der Waals surface area contributed by atoms with Crippen LogP contribution in [0.1, 0.15) is 10.8 Å². The summed E-state index contributed by atoms with van der Waals surface area (Å²) in [6.45, 7) is 1.33. The van der Waals surface area contributed by atoms with Crippen LogP contribution in [0.3, 0.4) is 0 Å². The van der Waals surface area contributed by atoms with E-state index in [2.05, 4.69) is 4.90 Å². The molecular formula is C21H25ClN2O3S. The Labute approximate surface area is 175 Å². The zero-order valence-corrected chi connectivity index (χ0v) is 18.1. The van der Waals surface area contributed by atoms with Crippen LogP contribution in [0.5, 0.6) is 5.75 Å². The number of thioether (sulfide) groups is 1. The number of carbonyl (C=O) groups is 1. The van der Waals surface area contributed by atoms with Crippen LogP contribution < -0.4 is 9.64 Å². The number of amides is 1. The topological polar surface area (TPSA) is 42.0 Å². The van der Waals surface area contributed by atoms with Crippen molar-refractivity contribution in [3.05, 3.63) is 53.1 Å². The smallest absolute Gasteiger partial charge is 0.257 e. The first-order chi connectivity index (χ1) is 13.4. The molecule has 0 bridgehead atoms. The normalized spacial score (nSPS) is 19.5. The molecule has 1 aliphatic rings. The number of ether oxygens (including phenoxy) is 2. The second-order valence-corrected chi connectivity index (χ2v) is 8.49. The molecule has 2 aromatic carbocycles. The summed E-state index contributed by atoms with van der Waals surface area (Å²) in [5, 5.41) is 0.459. The van der Waals surface area contributed by atoms with E-state index in [0.717, 1.165) is 28.4 Å². The van der Waals surface area contributed by atoms with Gasteiger partial charge in [0, 0.05) is 30.1 Å².